The Morgan fingerprint density at radius 1 is 1.12 bits per heavy atom. The van der Waals surface area contributed by atoms with Gasteiger partial charge in [0.05, 0.1) is 6.04 Å². The number of fused-ring (bicyclic) bond motifs is 1. The minimum atomic E-state index is 0.0299. The molecule has 0 unspecified atom stereocenters. The van der Waals surface area contributed by atoms with E-state index in [0.29, 0.717) is 25.8 Å². The van der Waals surface area contributed by atoms with Gasteiger partial charge in [-0.2, -0.15) is 0 Å². The van der Waals surface area contributed by atoms with Crippen molar-refractivity contribution < 1.29 is 9.59 Å². The van der Waals surface area contributed by atoms with Crippen LogP contribution in [0.5, 0.6) is 0 Å². The van der Waals surface area contributed by atoms with Gasteiger partial charge in [-0.1, -0.05) is 42.5 Å². The maximum absolute atomic E-state index is 12.7. The van der Waals surface area contributed by atoms with Crippen molar-refractivity contribution in [2.75, 3.05) is 13.1 Å². The maximum atomic E-state index is 12.7. The van der Waals surface area contributed by atoms with Crippen molar-refractivity contribution in [1.82, 2.24) is 10.2 Å². The highest BCUT2D eigenvalue weighted by molar-refractivity contribution is 5.87. The fourth-order valence-corrected chi connectivity index (χ4v) is 3.76. The van der Waals surface area contributed by atoms with Gasteiger partial charge in [-0.05, 0) is 42.5 Å². The van der Waals surface area contributed by atoms with Gasteiger partial charge in [0, 0.05) is 25.9 Å². The molecule has 1 aliphatic heterocycles. The van der Waals surface area contributed by atoms with Crippen LogP contribution in [0.1, 0.15) is 50.6 Å². The number of nitrogens with zero attached hydrogens (tertiary/aromatic N) is 1. The summed E-state index contributed by atoms with van der Waals surface area (Å²) in [5.41, 5.74) is 1.24. The van der Waals surface area contributed by atoms with Crippen LogP contribution in [0.15, 0.2) is 42.5 Å². The molecule has 0 bridgehead atoms. The number of carbonyl (C=O) groups is 2. The van der Waals surface area contributed by atoms with Gasteiger partial charge >= 0.3 is 0 Å². The first-order valence-corrected chi connectivity index (χ1v) is 9.24. The molecule has 3 rings (SSSR count). The molecule has 0 aliphatic carbocycles. The zero-order valence-corrected chi connectivity index (χ0v) is 14.8. The molecule has 1 atom stereocenters. The van der Waals surface area contributed by atoms with Crippen LogP contribution in [0.4, 0.5) is 0 Å². The van der Waals surface area contributed by atoms with E-state index in [2.05, 4.69) is 41.7 Å². The average molecular weight is 338 g/mol. The molecule has 0 radical (unpaired) electrons. The minimum absolute atomic E-state index is 0.0299. The average Bonchev–Trinajstić information content (AvgIpc) is 3.11. The van der Waals surface area contributed by atoms with Gasteiger partial charge in [-0.25, -0.2) is 0 Å². The van der Waals surface area contributed by atoms with Gasteiger partial charge in [0.2, 0.25) is 11.8 Å². The largest absolute Gasteiger partial charge is 0.356 e. The molecule has 1 fully saturated rings. The SMILES string of the molecule is CCNC(=O)CCCC(=O)N1CCC[C@@H]1c1cccc2ccccc12. The zero-order chi connectivity index (χ0) is 17.6. The summed E-state index contributed by atoms with van der Waals surface area (Å²) in [6.07, 6.45) is 3.53. The highest BCUT2D eigenvalue weighted by Crippen LogP contribution is 2.36. The van der Waals surface area contributed by atoms with Gasteiger partial charge in [-0.3, -0.25) is 9.59 Å². The number of nitrogens with one attached hydrogen (secondary N) is 1. The lowest BCUT2D eigenvalue weighted by molar-refractivity contribution is -0.132. The summed E-state index contributed by atoms with van der Waals surface area (Å²) in [4.78, 5) is 26.3. The predicted octanol–water partition coefficient (Wildman–Crippen LogP) is 3.81. The third-order valence-corrected chi connectivity index (χ3v) is 4.92. The van der Waals surface area contributed by atoms with E-state index in [0.717, 1.165) is 19.4 Å². The zero-order valence-electron chi connectivity index (χ0n) is 14.8. The summed E-state index contributed by atoms with van der Waals surface area (Å²) in [7, 11) is 0. The van der Waals surface area contributed by atoms with E-state index in [4.69, 9.17) is 0 Å². The highest BCUT2D eigenvalue weighted by atomic mass is 16.2. The lowest BCUT2D eigenvalue weighted by Gasteiger charge is -2.26. The molecule has 4 nitrogen and oxygen atoms in total. The fraction of sp³-hybridized carbons (Fsp3) is 0.429. The van der Waals surface area contributed by atoms with Crippen molar-refractivity contribution in [1.29, 1.82) is 0 Å². The van der Waals surface area contributed by atoms with Crippen molar-refractivity contribution in [2.45, 2.75) is 45.1 Å². The summed E-state index contributed by atoms with van der Waals surface area (Å²) < 4.78 is 0. The van der Waals surface area contributed by atoms with E-state index in [1.807, 2.05) is 17.9 Å². The second-order valence-corrected chi connectivity index (χ2v) is 6.62. The van der Waals surface area contributed by atoms with Crippen LogP contribution in [0.2, 0.25) is 0 Å². The van der Waals surface area contributed by atoms with Crippen LogP contribution in [-0.2, 0) is 9.59 Å². The number of amides is 2. The molecule has 1 saturated heterocycles. The molecule has 0 spiro atoms. The Hall–Kier alpha value is -2.36. The Balaban J connectivity index is 1.69. The molecule has 132 valence electrons. The van der Waals surface area contributed by atoms with Gasteiger partial charge in [-0.15, -0.1) is 0 Å². The van der Waals surface area contributed by atoms with E-state index in [-0.39, 0.29) is 17.9 Å². The number of rotatable bonds is 6. The Morgan fingerprint density at radius 3 is 2.76 bits per heavy atom. The van der Waals surface area contributed by atoms with Gasteiger partial charge < -0.3 is 10.2 Å². The third kappa shape index (κ3) is 4.01. The Morgan fingerprint density at radius 2 is 1.92 bits per heavy atom. The number of likely N-dealkylation sites (tertiary alicyclic amines) is 1. The minimum Gasteiger partial charge on any atom is -0.356 e. The van der Waals surface area contributed by atoms with Crippen LogP contribution in [0, 0.1) is 0 Å². The molecule has 2 amide bonds. The van der Waals surface area contributed by atoms with Crippen LogP contribution in [0.3, 0.4) is 0 Å². The molecular formula is C21H26N2O2. The van der Waals surface area contributed by atoms with Crippen molar-refractivity contribution >= 4 is 22.6 Å². The molecular weight excluding hydrogens is 312 g/mol. The van der Waals surface area contributed by atoms with Crippen LogP contribution in [0.25, 0.3) is 10.8 Å². The predicted molar refractivity (Wildman–Crippen MR) is 100 cm³/mol. The Kier molecular flexibility index (Phi) is 5.69. The first-order valence-electron chi connectivity index (χ1n) is 9.24. The topological polar surface area (TPSA) is 49.4 Å². The van der Waals surface area contributed by atoms with Crippen LogP contribution < -0.4 is 5.32 Å². The van der Waals surface area contributed by atoms with E-state index in [1.54, 1.807) is 0 Å². The molecule has 1 aliphatic rings. The summed E-state index contributed by atoms with van der Waals surface area (Å²) in [5, 5.41) is 5.23. The Bertz CT molecular complexity index is 751. The quantitative estimate of drug-likeness (QED) is 0.871. The molecule has 25 heavy (non-hydrogen) atoms. The molecule has 1 N–H and O–H groups in total. The molecule has 2 aromatic carbocycles. The molecule has 0 saturated carbocycles. The van der Waals surface area contributed by atoms with E-state index in [1.165, 1.54) is 16.3 Å². The van der Waals surface area contributed by atoms with Gasteiger partial charge in [0.15, 0.2) is 0 Å². The summed E-state index contributed by atoms with van der Waals surface area (Å²) in [6.45, 7) is 3.36. The van der Waals surface area contributed by atoms with E-state index < -0.39 is 0 Å². The lowest BCUT2D eigenvalue weighted by Crippen LogP contribution is -2.31. The summed E-state index contributed by atoms with van der Waals surface area (Å²) in [5.74, 6) is 0.196. The Labute approximate surface area is 149 Å². The molecule has 4 heteroatoms. The van der Waals surface area contributed by atoms with Crippen molar-refractivity contribution in [3.8, 4) is 0 Å². The van der Waals surface area contributed by atoms with E-state index in [9.17, 15) is 9.59 Å². The van der Waals surface area contributed by atoms with Gasteiger partial charge in [0.25, 0.3) is 0 Å². The molecule has 1 heterocycles. The summed E-state index contributed by atoms with van der Waals surface area (Å²) in [6, 6.07) is 14.9. The third-order valence-electron chi connectivity index (χ3n) is 4.92. The second-order valence-electron chi connectivity index (χ2n) is 6.62. The standard InChI is InChI=1S/C21H26N2O2/c1-2-22-20(24)13-6-14-21(25)23-15-7-12-19(23)18-11-5-9-16-8-3-4-10-17(16)18/h3-5,8-11,19H,2,6-7,12-15H2,1H3,(H,22,24)/t19-/m1/s1. The van der Waals surface area contributed by atoms with Crippen molar-refractivity contribution in [2.24, 2.45) is 0 Å². The normalized spacial score (nSPS) is 17.0. The van der Waals surface area contributed by atoms with Crippen LogP contribution in [-0.4, -0.2) is 29.8 Å². The number of hydrogen-bond acceptors (Lipinski definition) is 2. The lowest BCUT2D eigenvalue weighted by atomic mass is 9.97. The molecule has 2 aromatic rings. The monoisotopic (exact) mass is 338 g/mol. The van der Waals surface area contributed by atoms with Crippen molar-refractivity contribution in [3.05, 3.63) is 48.0 Å². The smallest absolute Gasteiger partial charge is 0.223 e. The maximum Gasteiger partial charge on any atom is 0.223 e. The number of hydrogen-bond donors (Lipinski definition) is 1. The van der Waals surface area contributed by atoms with Gasteiger partial charge in [0.1, 0.15) is 0 Å². The second kappa shape index (κ2) is 8.15. The first kappa shape index (κ1) is 17.5. The van der Waals surface area contributed by atoms with Crippen LogP contribution >= 0.6 is 0 Å². The van der Waals surface area contributed by atoms with E-state index >= 15 is 0 Å². The highest BCUT2D eigenvalue weighted by Gasteiger charge is 2.30. The number of benzene rings is 2. The van der Waals surface area contributed by atoms with Crippen molar-refractivity contribution in [3.63, 3.8) is 0 Å². The molecule has 0 aromatic heterocycles. The fourth-order valence-electron chi connectivity index (χ4n) is 3.76. The summed E-state index contributed by atoms with van der Waals surface area (Å²) >= 11 is 0. The first-order chi connectivity index (χ1) is 12.2. The number of carbonyl (C=O) groups excluding carboxylic acids is 2.